The number of morpholine rings is 2. The van der Waals surface area contributed by atoms with Crippen LogP contribution in [0.15, 0.2) is 12.1 Å². The molecule has 4 heterocycles. The number of hydrogen-bond donors (Lipinski definition) is 1. The van der Waals surface area contributed by atoms with E-state index in [1.165, 1.54) is 6.42 Å². The summed E-state index contributed by atoms with van der Waals surface area (Å²) in [6.45, 7) is 5.73. The number of ether oxygens (including phenoxy) is 2. The Morgan fingerprint density at radius 3 is 2.86 bits per heavy atom. The number of nitrogens with zero attached hydrogens (tertiary/aromatic N) is 5. The lowest BCUT2D eigenvalue weighted by atomic mass is 10.1. The number of aliphatic hydroxyl groups excluding tert-OH is 1. The Balaban J connectivity index is 1.62. The summed E-state index contributed by atoms with van der Waals surface area (Å²) < 4.78 is 11.6. The molecule has 2 aromatic heterocycles. The highest BCUT2D eigenvalue weighted by atomic mass is 16.5. The molecule has 0 spiro atoms. The fourth-order valence-electron chi connectivity index (χ4n) is 4.67. The van der Waals surface area contributed by atoms with Crippen LogP contribution in [0, 0.1) is 0 Å². The molecule has 8 heteroatoms. The van der Waals surface area contributed by atoms with E-state index >= 15 is 0 Å². The molecule has 1 saturated carbocycles. The smallest absolute Gasteiger partial charge is 0.229 e. The van der Waals surface area contributed by atoms with Crippen molar-refractivity contribution < 1.29 is 14.6 Å². The summed E-state index contributed by atoms with van der Waals surface area (Å²) in [5.41, 5.74) is 1.27. The Morgan fingerprint density at radius 2 is 2.00 bits per heavy atom. The maximum atomic E-state index is 9.54. The minimum Gasteiger partial charge on any atom is -0.390 e. The zero-order valence-electron chi connectivity index (χ0n) is 16.3. The van der Waals surface area contributed by atoms with Crippen molar-refractivity contribution in [1.29, 1.82) is 0 Å². The summed E-state index contributed by atoms with van der Waals surface area (Å²) >= 11 is 0. The lowest BCUT2D eigenvalue weighted by molar-refractivity contribution is 0.0250. The largest absolute Gasteiger partial charge is 0.390 e. The van der Waals surface area contributed by atoms with Crippen LogP contribution in [0.4, 0.5) is 11.8 Å². The second kappa shape index (κ2) is 7.42. The van der Waals surface area contributed by atoms with Gasteiger partial charge in [-0.2, -0.15) is 9.97 Å². The van der Waals surface area contributed by atoms with Crippen LogP contribution in [-0.2, 0) is 16.1 Å². The first kappa shape index (κ1) is 18.0. The summed E-state index contributed by atoms with van der Waals surface area (Å²) in [4.78, 5) is 19.1. The molecule has 1 aliphatic carbocycles. The van der Waals surface area contributed by atoms with Gasteiger partial charge in [0.25, 0.3) is 0 Å². The molecule has 2 saturated heterocycles. The van der Waals surface area contributed by atoms with Gasteiger partial charge in [0, 0.05) is 13.1 Å². The third-order valence-electron chi connectivity index (χ3n) is 6.13. The summed E-state index contributed by atoms with van der Waals surface area (Å²) in [7, 11) is 0. The predicted octanol–water partition coefficient (Wildman–Crippen LogP) is 1.50. The molecule has 1 N–H and O–H groups in total. The molecule has 3 atom stereocenters. The average Bonchev–Trinajstić information content (AvgIpc) is 3.22. The first-order valence-corrected chi connectivity index (χ1v) is 10.3. The fraction of sp³-hybridized carbons (Fsp3) is 0.650. The normalized spacial score (nSPS) is 28.0. The van der Waals surface area contributed by atoms with Crippen molar-refractivity contribution in [1.82, 2.24) is 15.0 Å². The molecule has 28 heavy (non-hydrogen) atoms. The SMILES string of the molecule is C[C@H]1COCCN1c1nc(N2CCO[C@@H]3CCC[C@@H]32)nc2nc(CO)ccc12. The molecule has 0 radical (unpaired) electrons. The molecule has 150 valence electrons. The van der Waals surface area contributed by atoms with Crippen molar-refractivity contribution in [2.24, 2.45) is 0 Å². The number of pyridine rings is 1. The lowest BCUT2D eigenvalue weighted by Gasteiger charge is -2.39. The van der Waals surface area contributed by atoms with E-state index in [1.807, 2.05) is 12.1 Å². The second-order valence-electron chi connectivity index (χ2n) is 7.90. The predicted molar refractivity (Wildman–Crippen MR) is 106 cm³/mol. The zero-order chi connectivity index (χ0) is 19.1. The van der Waals surface area contributed by atoms with E-state index in [-0.39, 0.29) is 18.8 Å². The third-order valence-corrected chi connectivity index (χ3v) is 6.13. The number of anilines is 2. The van der Waals surface area contributed by atoms with Crippen molar-refractivity contribution in [2.75, 3.05) is 42.7 Å². The highest BCUT2D eigenvalue weighted by molar-refractivity contribution is 5.88. The van der Waals surface area contributed by atoms with E-state index in [4.69, 9.17) is 19.4 Å². The Hall–Kier alpha value is -2.03. The maximum absolute atomic E-state index is 9.54. The van der Waals surface area contributed by atoms with Gasteiger partial charge in [-0.05, 0) is 38.3 Å². The minimum absolute atomic E-state index is 0.0964. The number of aromatic nitrogens is 3. The van der Waals surface area contributed by atoms with Gasteiger partial charge in [0.15, 0.2) is 5.65 Å². The van der Waals surface area contributed by atoms with Gasteiger partial charge in [0.05, 0.1) is 55.7 Å². The highest BCUT2D eigenvalue weighted by Crippen LogP contribution is 2.34. The fourth-order valence-corrected chi connectivity index (χ4v) is 4.67. The Bertz CT molecular complexity index is 863. The van der Waals surface area contributed by atoms with Crippen LogP contribution in [0.25, 0.3) is 11.0 Å². The van der Waals surface area contributed by atoms with E-state index in [2.05, 4.69) is 21.7 Å². The Labute approximate surface area is 164 Å². The van der Waals surface area contributed by atoms with Crippen molar-refractivity contribution in [3.63, 3.8) is 0 Å². The molecule has 0 unspecified atom stereocenters. The molecule has 5 rings (SSSR count). The van der Waals surface area contributed by atoms with Crippen LogP contribution in [0.1, 0.15) is 31.9 Å². The standard InChI is InChI=1S/C20H27N5O3/c1-13-12-27-9-7-24(13)19-15-6-5-14(11-26)21-18(15)22-20(23-19)25-8-10-28-17-4-2-3-16(17)25/h5-6,13,16-17,26H,2-4,7-12H2,1H3/t13-,16-,17+/m0/s1. The van der Waals surface area contributed by atoms with Gasteiger partial charge in [-0.3, -0.25) is 0 Å². The molecular formula is C20H27N5O3. The third kappa shape index (κ3) is 3.09. The summed E-state index contributed by atoms with van der Waals surface area (Å²) in [5.74, 6) is 1.64. The monoisotopic (exact) mass is 385 g/mol. The highest BCUT2D eigenvalue weighted by Gasteiger charge is 2.38. The summed E-state index contributed by atoms with van der Waals surface area (Å²) in [6, 6.07) is 4.40. The van der Waals surface area contributed by atoms with Crippen LogP contribution in [0.5, 0.6) is 0 Å². The van der Waals surface area contributed by atoms with Crippen molar-refractivity contribution in [2.45, 2.75) is 51.0 Å². The Kier molecular flexibility index (Phi) is 4.78. The molecule has 8 nitrogen and oxygen atoms in total. The van der Waals surface area contributed by atoms with E-state index in [1.54, 1.807) is 0 Å². The quantitative estimate of drug-likeness (QED) is 0.851. The van der Waals surface area contributed by atoms with Crippen LogP contribution in [0.2, 0.25) is 0 Å². The van der Waals surface area contributed by atoms with Crippen molar-refractivity contribution in [3.8, 4) is 0 Å². The molecule has 0 bridgehead atoms. The van der Waals surface area contributed by atoms with Gasteiger partial charge in [-0.15, -0.1) is 0 Å². The van der Waals surface area contributed by atoms with E-state index < -0.39 is 0 Å². The molecule has 3 fully saturated rings. The van der Waals surface area contributed by atoms with Crippen LogP contribution < -0.4 is 9.80 Å². The first-order chi connectivity index (χ1) is 13.7. The molecule has 0 amide bonds. The van der Waals surface area contributed by atoms with E-state index in [0.29, 0.717) is 37.2 Å². The van der Waals surface area contributed by atoms with Gasteiger partial charge < -0.3 is 24.4 Å². The summed E-state index contributed by atoms with van der Waals surface area (Å²) in [6.07, 6.45) is 3.67. The molecule has 0 aromatic carbocycles. The van der Waals surface area contributed by atoms with Crippen molar-refractivity contribution >= 4 is 22.8 Å². The second-order valence-corrected chi connectivity index (χ2v) is 7.90. The zero-order valence-corrected chi connectivity index (χ0v) is 16.3. The molecule has 3 aliphatic rings. The molecule has 2 aliphatic heterocycles. The van der Waals surface area contributed by atoms with Gasteiger partial charge >= 0.3 is 0 Å². The lowest BCUT2D eigenvalue weighted by Crippen LogP contribution is -2.49. The van der Waals surface area contributed by atoms with Gasteiger partial charge in [0.1, 0.15) is 5.82 Å². The number of rotatable bonds is 3. The van der Waals surface area contributed by atoms with Gasteiger partial charge in [0.2, 0.25) is 5.95 Å². The van der Waals surface area contributed by atoms with Gasteiger partial charge in [-0.1, -0.05) is 0 Å². The van der Waals surface area contributed by atoms with Crippen LogP contribution in [0.3, 0.4) is 0 Å². The first-order valence-electron chi connectivity index (χ1n) is 10.3. The number of aliphatic hydroxyl groups is 1. The topological polar surface area (TPSA) is 83.8 Å². The van der Waals surface area contributed by atoms with Crippen LogP contribution >= 0.6 is 0 Å². The number of fused-ring (bicyclic) bond motifs is 2. The number of hydrogen-bond acceptors (Lipinski definition) is 8. The molecular weight excluding hydrogens is 358 g/mol. The van der Waals surface area contributed by atoms with Gasteiger partial charge in [-0.25, -0.2) is 4.98 Å². The van der Waals surface area contributed by atoms with Crippen LogP contribution in [-0.4, -0.2) is 71.2 Å². The average molecular weight is 385 g/mol. The Morgan fingerprint density at radius 1 is 1.11 bits per heavy atom. The minimum atomic E-state index is -0.0964. The maximum Gasteiger partial charge on any atom is 0.229 e. The van der Waals surface area contributed by atoms with E-state index in [9.17, 15) is 5.11 Å². The van der Waals surface area contributed by atoms with E-state index in [0.717, 1.165) is 43.1 Å². The molecule has 2 aromatic rings. The summed E-state index contributed by atoms with van der Waals surface area (Å²) in [5, 5.41) is 10.5. The van der Waals surface area contributed by atoms with Crippen molar-refractivity contribution in [3.05, 3.63) is 17.8 Å².